The molecule has 1 fully saturated rings. The largest absolute Gasteiger partial charge is 0.352 e. The normalized spacial score (nSPS) is 15.2. The van der Waals surface area contributed by atoms with Crippen molar-refractivity contribution in [1.82, 2.24) is 10.2 Å². The smallest absolute Gasteiger partial charge is 0.243 e. The van der Waals surface area contributed by atoms with E-state index in [0.717, 1.165) is 36.8 Å². The maximum atomic E-state index is 13.5. The molecule has 2 aromatic carbocycles. The first-order chi connectivity index (χ1) is 15.4. The third kappa shape index (κ3) is 6.49. The molecular weight excluding hydrogens is 443 g/mol. The summed E-state index contributed by atoms with van der Waals surface area (Å²) in [5.41, 5.74) is 2.68. The predicted octanol–water partition coefficient (Wildman–Crippen LogP) is 6.10. The van der Waals surface area contributed by atoms with E-state index in [9.17, 15) is 9.59 Å². The molecule has 0 saturated heterocycles. The van der Waals surface area contributed by atoms with Crippen LogP contribution < -0.4 is 5.32 Å². The molecule has 0 aromatic heterocycles. The zero-order valence-electron chi connectivity index (χ0n) is 18.9. The molecule has 6 heteroatoms. The van der Waals surface area contributed by atoms with Gasteiger partial charge >= 0.3 is 0 Å². The van der Waals surface area contributed by atoms with E-state index in [2.05, 4.69) is 5.32 Å². The van der Waals surface area contributed by atoms with Gasteiger partial charge in [-0.15, -0.1) is 0 Å². The van der Waals surface area contributed by atoms with Crippen LogP contribution in [0.1, 0.15) is 62.1 Å². The van der Waals surface area contributed by atoms with Gasteiger partial charge in [0.1, 0.15) is 6.04 Å². The third-order valence-electron chi connectivity index (χ3n) is 6.17. The van der Waals surface area contributed by atoms with E-state index in [4.69, 9.17) is 23.2 Å². The van der Waals surface area contributed by atoms with Crippen LogP contribution in [0.4, 0.5) is 0 Å². The molecule has 0 aliphatic heterocycles. The Labute approximate surface area is 201 Å². The fourth-order valence-corrected chi connectivity index (χ4v) is 4.93. The van der Waals surface area contributed by atoms with Crippen LogP contribution in [0, 0.1) is 6.92 Å². The van der Waals surface area contributed by atoms with Gasteiger partial charge in [-0.3, -0.25) is 9.59 Å². The van der Waals surface area contributed by atoms with Gasteiger partial charge in [0, 0.05) is 28.2 Å². The minimum Gasteiger partial charge on any atom is -0.352 e. The van der Waals surface area contributed by atoms with Gasteiger partial charge in [0.05, 0.1) is 6.42 Å². The van der Waals surface area contributed by atoms with Crippen molar-refractivity contribution in [2.24, 2.45) is 0 Å². The van der Waals surface area contributed by atoms with Gasteiger partial charge in [0.15, 0.2) is 0 Å². The van der Waals surface area contributed by atoms with Crippen molar-refractivity contribution in [3.05, 3.63) is 69.2 Å². The van der Waals surface area contributed by atoms with Crippen LogP contribution in [0.5, 0.6) is 0 Å². The van der Waals surface area contributed by atoms with Crippen molar-refractivity contribution in [3.8, 4) is 0 Å². The fraction of sp³-hybridized carbons (Fsp3) is 0.462. The summed E-state index contributed by atoms with van der Waals surface area (Å²) in [4.78, 5) is 28.4. The Morgan fingerprint density at radius 3 is 2.34 bits per heavy atom. The number of hydrogen-bond acceptors (Lipinski definition) is 2. The highest BCUT2D eigenvalue weighted by Crippen LogP contribution is 2.27. The van der Waals surface area contributed by atoms with E-state index in [0.29, 0.717) is 22.0 Å². The molecule has 32 heavy (non-hydrogen) atoms. The number of carbonyl (C=O) groups is 2. The zero-order valence-corrected chi connectivity index (χ0v) is 20.4. The van der Waals surface area contributed by atoms with Crippen molar-refractivity contribution in [3.63, 3.8) is 0 Å². The summed E-state index contributed by atoms with van der Waals surface area (Å²) in [5, 5.41) is 4.18. The Balaban J connectivity index is 1.86. The molecule has 0 radical (unpaired) electrons. The lowest BCUT2D eigenvalue weighted by molar-refractivity contribution is -0.141. The summed E-state index contributed by atoms with van der Waals surface area (Å²) in [6.45, 7) is 4.13. The topological polar surface area (TPSA) is 49.4 Å². The standard InChI is InChI=1S/C26H32Cl2N2O2/c1-3-24(26(32)29-20-11-5-4-6-12-20)30(17-21-22(27)13-8-14-23(21)28)25(31)16-19-10-7-9-18(2)15-19/h7-10,13-15,20,24H,3-6,11-12,16-17H2,1-2H3,(H,29,32)/t24-/m1/s1. The fourth-order valence-electron chi connectivity index (χ4n) is 4.42. The minimum atomic E-state index is -0.582. The summed E-state index contributed by atoms with van der Waals surface area (Å²) in [6, 6.07) is 12.8. The first kappa shape index (κ1) is 24.6. The second-order valence-corrected chi connectivity index (χ2v) is 9.47. The van der Waals surface area contributed by atoms with Crippen LogP contribution in [0.25, 0.3) is 0 Å². The molecule has 1 aliphatic rings. The quantitative estimate of drug-likeness (QED) is 0.502. The number of hydrogen-bond donors (Lipinski definition) is 1. The van der Waals surface area contributed by atoms with Crippen molar-refractivity contribution >= 4 is 35.0 Å². The molecule has 2 aromatic rings. The molecule has 172 valence electrons. The Kier molecular flexibility index (Phi) is 9.01. The minimum absolute atomic E-state index is 0.0971. The first-order valence-electron chi connectivity index (χ1n) is 11.5. The maximum Gasteiger partial charge on any atom is 0.243 e. The Hall–Kier alpha value is -2.04. The van der Waals surface area contributed by atoms with E-state index in [1.807, 2.05) is 38.1 Å². The van der Waals surface area contributed by atoms with Gasteiger partial charge in [-0.2, -0.15) is 0 Å². The average molecular weight is 475 g/mol. The van der Waals surface area contributed by atoms with Gasteiger partial charge in [0.2, 0.25) is 11.8 Å². The van der Waals surface area contributed by atoms with Crippen molar-refractivity contribution < 1.29 is 9.59 Å². The van der Waals surface area contributed by atoms with Gasteiger partial charge in [-0.05, 0) is 43.9 Å². The van der Waals surface area contributed by atoms with Crippen LogP contribution in [-0.2, 0) is 22.6 Å². The molecule has 0 spiro atoms. The van der Waals surface area contributed by atoms with Crippen molar-refractivity contribution in [1.29, 1.82) is 0 Å². The summed E-state index contributed by atoms with van der Waals surface area (Å²) < 4.78 is 0. The van der Waals surface area contributed by atoms with Crippen LogP contribution in [-0.4, -0.2) is 28.8 Å². The second kappa shape index (κ2) is 11.7. The predicted molar refractivity (Wildman–Crippen MR) is 131 cm³/mol. The average Bonchev–Trinajstić information content (AvgIpc) is 2.76. The monoisotopic (exact) mass is 474 g/mol. The van der Waals surface area contributed by atoms with Gasteiger partial charge in [-0.1, -0.05) is 85.3 Å². The molecule has 3 rings (SSSR count). The van der Waals surface area contributed by atoms with E-state index < -0.39 is 6.04 Å². The highest BCUT2D eigenvalue weighted by atomic mass is 35.5. The maximum absolute atomic E-state index is 13.5. The molecular formula is C26H32Cl2N2O2. The molecule has 0 unspecified atom stereocenters. The number of aryl methyl sites for hydroxylation is 1. The van der Waals surface area contributed by atoms with E-state index in [1.165, 1.54) is 6.42 Å². The van der Waals surface area contributed by atoms with Gasteiger partial charge in [0.25, 0.3) is 0 Å². The molecule has 0 bridgehead atoms. The van der Waals surface area contributed by atoms with E-state index in [1.54, 1.807) is 23.1 Å². The van der Waals surface area contributed by atoms with E-state index in [-0.39, 0.29) is 30.8 Å². The van der Waals surface area contributed by atoms with Crippen LogP contribution in [0.2, 0.25) is 10.0 Å². The lowest BCUT2D eigenvalue weighted by atomic mass is 9.95. The lowest BCUT2D eigenvalue weighted by Gasteiger charge is -2.33. The third-order valence-corrected chi connectivity index (χ3v) is 6.87. The summed E-state index contributed by atoms with van der Waals surface area (Å²) >= 11 is 12.8. The molecule has 1 saturated carbocycles. The zero-order chi connectivity index (χ0) is 23.1. The molecule has 1 aliphatic carbocycles. The highest BCUT2D eigenvalue weighted by Gasteiger charge is 2.31. The van der Waals surface area contributed by atoms with Gasteiger partial charge in [-0.25, -0.2) is 0 Å². The summed E-state index contributed by atoms with van der Waals surface area (Å²) in [6.07, 6.45) is 6.21. The first-order valence-corrected chi connectivity index (χ1v) is 12.2. The van der Waals surface area contributed by atoms with Crippen molar-refractivity contribution in [2.75, 3.05) is 0 Å². The Morgan fingerprint density at radius 1 is 1.06 bits per heavy atom. The van der Waals surface area contributed by atoms with Crippen LogP contribution in [0.15, 0.2) is 42.5 Å². The molecule has 1 atom stereocenters. The molecule has 1 N–H and O–H groups in total. The summed E-state index contributed by atoms with van der Waals surface area (Å²) in [5.74, 6) is -0.211. The summed E-state index contributed by atoms with van der Waals surface area (Å²) in [7, 11) is 0. The lowest BCUT2D eigenvalue weighted by Crippen LogP contribution is -2.52. The van der Waals surface area contributed by atoms with Crippen molar-refractivity contribution in [2.45, 2.75) is 77.4 Å². The number of carbonyl (C=O) groups excluding carboxylic acids is 2. The molecule has 0 heterocycles. The Morgan fingerprint density at radius 2 is 1.72 bits per heavy atom. The number of nitrogens with zero attached hydrogens (tertiary/aromatic N) is 1. The number of nitrogens with one attached hydrogen (secondary N) is 1. The SMILES string of the molecule is CC[C@H](C(=O)NC1CCCCC1)N(Cc1c(Cl)cccc1Cl)C(=O)Cc1cccc(C)c1. The van der Waals surface area contributed by atoms with Crippen LogP contribution in [0.3, 0.4) is 0 Å². The van der Waals surface area contributed by atoms with Gasteiger partial charge < -0.3 is 10.2 Å². The molecule has 2 amide bonds. The Bertz CT molecular complexity index is 921. The number of rotatable bonds is 8. The number of halogens is 2. The second-order valence-electron chi connectivity index (χ2n) is 8.66. The number of amides is 2. The van der Waals surface area contributed by atoms with E-state index >= 15 is 0 Å². The number of benzene rings is 2. The highest BCUT2D eigenvalue weighted by molar-refractivity contribution is 6.36. The molecule has 4 nitrogen and oxygen atoms in total. The van der Waals surface area contributed by atoms with Crippen LogP contribution >= 0.6 is 23.2 Å².